The summed E-state index contributed by atoms with van der Waals surface area (Å²) in [6, 6.07) is 0. The molecule has 0 aliphatic carbocycles. The summed E-state index contributed by atoms with van der Waals surface area (Å²) in [4.78, 5) is 0. The molecule has 0 aliphatic rings. The standard InChI is InChI=1S/C8H12.CH4S/c1-4-6-7-8(3)5-2;1-2/h4,6-7H,1,3,5H2,2H3;2H,1H3/b7-6-;. The number of rotatable bonds is 3. The Labute approximate surface area is 69.8 Å². The summed E-state index contributed by atoms with van der Waals surface area (Å²) in [5.74, 6) is 0. The molecule has 0 bridgehead atoms. The van der Waals surface area contributed by atoms with Gasteiger partial charge in [0.15, 0.2) is 0 Å². The van der Waals surface area contributed by atoms with Crippen LogP contribution in [0.4, 0.5) is 0 Å². The molecule has 0 aromatic carbocycles. The van der Waals surface area contributed by atoms with E-state index in [9.17, 15) is 0 Å². The molecular weight excluding hydrogens is 140 g/mol. The van der Waals surface area contributed by atoms with Gasteiger partial charge < -0.3 is 0 Å². The highest BCUT2D eigenvalue weighted by Gasteiger charge is 1.75. The second-order valence-corrected chi connectivity index (χ2v) is 1.61. The molecule has 0 aromatic rings. The number of thiol groups is 1. The maximum atomic E-state index is 3.78. The molecule has 0 rings (SSSR count). The third-order valence-corrected chi connectivity index (χ3v) is 0.922. The van der Waals surface area contributed by atoms with Gasteiger partial charge in [-0.25, -0.2) is 0 Å². The molecule has 58 valence electrons. The van der Waals surface area contributed by atoms with Crippen LogP contribution in [0.1, 0.15) is 13.3 Å². The van der Waals surface area contributed by atoms with E-state index in [1.165, 1.54) is 0 Å². The van der Waals surface area contributed by atoms with E-state index in [4.69, 9.17) is 0 Å². The Morgan fingerprint density at radius 2 is 2.00 bits per heavy atom. The van der Waals surface area contributed by atoms with Crippen molar-refractivity contribution in [2.45, 2.75) is 13.3 Å². The molecule has 0 atom stereocenters. The summed E-state index contributed by atoms with van der Waals surface area (Å²) in [6.07, 6.45) is 8.32. The lowest BCUT2D eigenvalue weighted by molar-refractivity contribution is 1.16. The molecule has 0 fully saturated rings. The lowest BCUT2D eigenvalue weighted by Gasteiger charge is -1.86. The molecule has 0 nitrogen and oxygen atoms in total. The zero-order valence-electron chi connectivity index (χ0n) is 6.80. The van der Waals surface area contributed by atoms with Crippen molar-refractivity contribution >= 4 is 12.6 Å². The third kappa shape index (κ3) is 10.5. The molecular formula is C9H16S. The topological polar surface area (TPSA) is 0 Å². The smallest absolute Gasteiger partial charge is 0.0215 e. The molecule has 1 heteroatoms. The van der Waals surface area contributed by atoms with Crippen molar-refractivity contribution in [2.75, 3.05) is 6.26 Å². The first kappa shape index (κ1) is 12.3. The van der Waals surface area contributed by atoms with Crippen LogP contribution in [0.25, 0.3) is 0 Å². The Morgan fingerprint density at radius 1 is 1.50 bits per heavy atom. The van der Waals surface area contributed by atoms with E-state index < -0.39 is 0 Å². The van der Waals surface area contributed by atoms with E-state index in [-0.39, 0.29) is 0 Å². The van der Waals surface area contributed by atoms with Gasteiger partial charge >= 0.3 is 0 Å². The van der Waals surface area contributed by atoms with Gasteiger partial charge in [0.1, 0.15) is 0 Å². The van der Waals surface area contributed by atoms with E-state index in [0.29, 0.717) is 0 Å². The highest BCUT2D eigenvalue weighted by molar-refractivity contribution is 7.79. The largest absolute Gasteiger partial charge is 0.183 e. The summed E-state index contributed by atoms with van der Waals surface area (Å²) < 4.78 is 0. The maximum Gasteiger partial charge on any atom is -0.0215 e. The normalized spacial score (nSPS) is 8.30. The van der Waals surface area contributed by atoms with Crippen LogP contribution in [0.15, 0.2) is 37.0 Å². The maximum absolute atomic E-state index is 3.78. The fraction of sp³-hybridized carbons (Fsp3) is 0.333. The Kier molecular flexibility index (Phi) is 14.0. The van der Waals surface area contributed by atoms with E-state index >= 15 is 0 Å². The van der Waals surface area contributed by atoms with Crippen molar-refractivity contribution in [3.05, 3.63) is 37.0 Å². The van der Waals surface area contributed by atoms with Gasteiger partial charge in [0.2, 0.25) is 0 Å². The second-order valence-electron chi connectivity index (χ2n) is 1.61. The summed E-state index contributed by atoms with van der Waals surface area (Å²) >= 11 is 3.53. The zero-order chi connectivity index (χ0) is 8.41. The van der Waals surface area contributed by atoms with E-state index in [0.717, 1.165) is 12.0 Å². The average molecular weight is 156 g/mol. The molecule has 0 saturated carbocycles. The van der Waals surface area contributed by atoms with Crippen molar-refractivity contribution in [3.8, 4) is 0 Å². The molecule has 0 aromatic heterocycles. The van der Waals surface area contributed by atoms with Crippen LogP contribution in [-0.2, 0) is 0 Å². The van der Waals surface area contributed by atoms with Crippen molar-refractivity contribution in [1.82, 2.24) is 0 Å². The summed E-state index contributed by atoms with van der Waals surface area (Å²) in [5, 5.41) is 0. The van der Waals surface area contributed by atoms with E-state index in [1.54, 1.807) is 12.3 Å². The molecule has 0 unspecified atom stereocenters. The highest BCUT2D eigenvalue weighted by atomic mass is 32.1. The van der Waals surface area contributed by atoms with Crippen LogP contribution in [-0.4, -0.2) is 6.26 Å². The van der Waals surface area contributed by atoms with Gasteiger partial charge in [-0.2, -0.15) is 12.6 Å². The van der Waals surface area contributed by atoms with Crippen LogP contribution >= 0.6 is 12.6 Å². The van der Waals surface area contributed by atoms with Gasteiger partial charge in [0, 0.05) is 0 Å². The highest BCUT2D eigenvalue weighted by Crippen LogP contribution is 1.96. The Morgan fingerprint density at radius 3 is 2.30 bits per heavy atom. The number of allylic oxidation sites excluding steroid dienone is 4. The Bertz CT molecular complexity index is 112. The first-order chi connectivity index (χ1) is 4.81. The molecule has 0 heterocycles. The van der Waals surface area contributed by atoms with Crippen molar-refractivity contribution in [1.29, 1.82) is 0 Å². The van der Waals surface area contributed by atoms with Crippen LogP contribution < -0.4 is 0 Å². The minimum atomic E-state index is 1.02. The number of hydrogen-bond donors (Lipinski definition) is 1. The SMILES string of the molecule is C=C/C=C\C(=C)CC.CS. The summed E-state index contributed by atoms with van der Waals surface area (Å²) in [6.45, 7) is 9.39. The first-order valence-corrected chi connectivity index (χ1v) is 4.12. The lowest BCUT2D eigenvalue weighted by Crippen LogP contribution is -1.65. The van der Waals surface area contributed by atoms with Gasteiger partial charge in [-0.15, -0.1) is 0 Å². The van der Waals surface area contributed by atoms with Gasteiger partial charge in [0.05, 0.1) is 0 Å². The molecule has 0 aliphatic heterocycles. The average Bonchev–Trinajstić information content (AvgIpc) is 2.04. The Balaban J connectivity index is 0. The fourth-order valence-corrected chi connectivity index (χ4v) is 0.322. The second kappa shape index (κ2) is 11.4. The van der Waals surface area contributed by atoms with Gasteiger partial charge in [-0.3, -0.25) is 0 Å². The Hall–Kier alpha value is -0.430. The van der Waals surface area contributed by atoms with Crippen LogP contribution in [0, 0.1) is 0 Å². The van der Waals surface area contributed by atoms with Crippen molar-refractivity contribution < 1.29 is 0 Å². The van der Waals surface area contributed by atoms with Crippen molar-refractivity contribution in [2.24, 2.45) is 0 Å². The van der Waals surface area contributed by atoms with Gasteiger partial charge in [0.25, 0.3) is 0 Å². The van der Waals surface area contributed by atoms with Gasteiger partial charge in [-0.1, -0.05) is 43.9 Å². The molecule has 0 amide bonds. The zero-order valence-corrected chi connectivity index (χ0v) is 7.70. The number of hydrogen-bond acceptors (Lipinski definition) is 1. The molecule has 0 N–H and O–H groups in total. The predicted octanol–water partition coefficient (Wildman–Crippen LogP) is 3.24. The summed E-state index contributed by atoms with van der Waals surface area (Å²) in [7, 11) is 0. The lowest BCUT2D eigenvalue weighted by atomic mass is 10.2. The molecule has 0 spiro atoms. The van der Waals surface area contributed by atoms with Crippen LogP contribution in [0.3, 0.4) is 0 Å². The molecule has 10 heavy (non-hydrogen) atoms. The molecule has 0 saturated heterocycles. The van der Waals surface area contributed by atoms with Crippen molar-refractivity contribution in [3.63, 3.8) is 0 Å². The fourth-order valence-electron chi connectivity index (χ4n) is 0.322. The van der Waals surface area contributed by atoms with Crippen LogP contribution in [0.5, 0.6) is 0 Å². The quantitative estimate of drug-likeness (QED) is 0.470. The minimum absolute atomic E-state index is 1.02. The molecule has 0 radical (unpaired) electrons. The summed E-state index contributed by atoms with van der Waals surface area (Å²) in [5.41, 5.74) is 1.14. The predicted molar refractivity (Wildman–Crippen MR) is 53.7 cm³/mol. The van der Waals surface area contributed by atoms with E-state index in [2.05, 4.69) is 32.7 Å². The van der Waals surface area contributed by atoms with Crippen LogP contribution in [0.2, 0.25) is 0 Å². The van der Waals surface area contributed by atoms with E-state index in [1.807, 2.05) is 12.2 Å². The van der Waals surface area contributed by atoms with Gasteiger partial charge in [-0.05, 0) is 12.7 Å². The monoisotopic (exact) mass is 156 g/mol. The first-order valence-electron chi connectivity index (χ1n) is 3.23. The minimum Gasteiger partial charge on any atom is -0.183 e. The third-order valence-electron chi connectivity index (χ3n) is 0.922.